The molecule has 1 aromatic heterocycles. The van der Waals surface area contributed by atoms with Gasteiger partial charge in [-0.2, -0.15) is 5.10 Å². The molecule has 0 saturated heterocycles. The fraction of sp³-hybridized carbons (Fsp3) is 0.167. The Kier molecular flexibility index (Phi) is 4.32. The number of aromatic amines is 1. The van der Waals surface area contributed by atoms with E-state index < -0.39 is 5.91 Å². The zero-order chi connectivity index (χ0) is 9.56. The number of nitrogens with zero attached hydrogens (tertiary/aromatic N) is 1. The second-order valence-electron chi connectivity index (χ2n) is 1.69. The molecule has 0 aromatic carbocycles. The average molecular weight is 170 g/mol. The molecule has 1 aromatic rings. The Morgan fingerprint density at radius 2 is 2.25 bits per heavy atom. The van der Waals surface area contributed by atoms with E-state index >= 15 is 0 Å². The predicted octanol–water partition coefficient (Wildman–Crippen LogP) is -1.10. The molecular weight excluding hydrogens is 160 g/mol. The molecule has 0 bridgehead atoms. The van der Waals surface area contributed by atoms with Crippen LogP contribution < -0.4 is 11.5 Å². The van der Waals surface area contributed by atoms with E-state index in [-0.39, 0.29) is 11.4 Å². The van der Waals surface area contributed by atoms with E-state index in [1.807, 2.05) is 0 Å². The van der Waals surface area contributed by atoms with Gasteiger partial charge in [-0.05, 0) is 13.1 Å². The van der Waals surface area contributed by atoms with Crippen LogP contribution in [0.5, 0.6) is 0 Å². The van der Waals surface area contributed by atoms with Crippen molar-refractivity contribution >= 4 is 12.2 Å². The highest BCUT2D eigenvalue weighted by Crippen LogP contribution is 1.93. The molecule has 0 radical (unpaired) electrons. The SMILES string of the molecule is CN.NC(=O)c1cc(C=O)[nH]n1. The topological polar surface area (TPSA) is 115 Å². The van der Waals surface area contributed by atoms with Crippen LogP contribution in [0.25, 0.3) is 0 Å². The van der Waals surface area contributed by atoms with Crippen LogP contribution in [0.15, 0.2) is 6.07 Å². The molecule has 0 spiro atoms. The van der Waals surface area contributed by atoms with Crippen LogP contribution in [0.4, 0.5) is 0 Å². The third kappa shape index (κ3) is 2.51. The molecule has 66 valence electrons. The molecule has 0 unspecified atom stereocenters. The van der Waals surface area contributed by atoms with Gasteiger partial charge < -0.3 is 11.5 Å². The lowest BCUT2D eigenvalue weighted by Crippen LogP contribution is -2.10. The normalized spacial score (nSPS) is 8.17. The molecule has 6 heteroatoms. The van der Waals surface area contributed by atoms with E-state index in [2.05, 4.69) is 15.9 Å². The van der Waals surface area contributed by atoms with Crippen LogP contribution in [0, 0.1) is 0 Å². The summed E-state index contributed by atoms with van der Waals surface area (Å²) in [5, 5.41) is 5.77. The van der Waals surface area contributed by atoms with Crippen molar-refractivity contribution < 1.29 is 9.59 Å². The summed E-state index contributed by atoms with van der Waals surface area (Å²) in [5.74, 6) is -0.649. The summed E-state index contributed by atoms with van der Waals surface area (Å²) in [7, 11) is 1.50. The van der Waals surface area contributed by atoms with E-state index in [1.54, 1.807) is 0 Å². The first-order chi connectivity index (χ1) is 5.74. The third-order valence-electron chi connectivity index (χ3n) is 0.977. The Morgan fingerprint density at radius 1 is 1.67 bits per heavy atom. The van der Waals surface area contributed by atoms with Crippen LogP contribution in [0.2, 0.25) is 0 Å². The quantitative estimate of drug-likeness (QED) is 0.488. The van der Waals surface area contributed by atoms with Crippen molar-refractivity contribution in [3.8, 4) is 0 Å². The van der Waals surface area contributed by atoms with Crippen molar-refractivity contribution in [1.29, 1.82) is 0 Å². The van der Waals surface area contributed by atoms with Crippen molar-refractivity contribution in [2.24, 2.45) is 11.5 Å². The molecule has 0 saturated carbocycles. The van der Waals surface area contributed by atoms with Crippen molar-refractivity contribution in [3.05, 3.63) is 17.5 Å². The smallest absolute Gasteiger partial charge is 0.269 e. The lowest BCUT2D eigenvalue weighted by atomic mass is 10.4. The fourth-order valence-electron chi connectivity index (χ4n) is 0.523. The molecule has 0 fully saturated rings. The first-order valence-electron chi connectivity index (χ1n) is 3.12. The molecular formula is C6H10N4O2. The number of aldehydes is 1. The van der Waals surface area contributed by atoms with Gasteiger partial charge in [-0.25, -0.2) is 0 Å². The number of nitrogens with two attached hydrogens (primary N) is 2. The van der Waals surface area contributed by atoms with Gasteiger partial charge in [0.05, 0.1) is 5.69 Å². The Balaban J connectivity index is 0.000000561. The van der Waals surface area contributed by atoms with Gasteiger partial charge in [-0.15, -0.1) is 0 Å². The monoisotopic (exact) mass is 170 g/mol. The molecule has 5 N–H and O–H groups in total. The van der Waals surface area contributed by atoms with Gasteiger partial charge in [-0.1, -0.05) is 0 Å². The molecule has 1 rings (SSSR count). The van der Waals surface area contributed by atoms with E-state index in [0.29, 0.717) is 6.29 Å². The molecule has 0 aliphatic heterocycles. The number of amides is 1. The second kappa shape index (κ2) is 5.03. The van der Waals surface area contributed by atoms with Gasteiger partial charge in [-0.3, -0.25) is 14.7 Å². The molecule has 1 heterocycles. The second-order valence-corrected chi connectivity index (χ2v) is 1.69. The highest BCUT2D eigenvalue weighted by Gasteiger charge is 2.03. The van der Waals surface area contributed by atoms with Crippen molar-refractivity contribution in [1.82, 2.24) is 10.2 Å². The summed E-state index contributed by atoms with van der Waals surface area (Å²) < 4.78 is 0. The number of rotatable bonds is 2. The maximum atomic E-state index is 10.4. The number of carbonyl (C=O) groups excluding carboxylic acids is 2. The van der Waals surface area contributed by atoms with Gasteiger partial charge in [0.1, 0.15) is 5.69 Å². The highest BCUT2D eigenvalue weighted by atomic mass is 16.1. The lowest BCUT2D eigenvalue weighted by Gasteiger charge is -1.78. The zero-order valence-electron chi connectivity index (χ0n) is 6.57. The first kappa shape index (κ1) is 10.3. The maximum absolute atomic E-state index is 10.4. The van der Waals surface area contributed by atoms with Gasteiger partial charge >= 0.3 is 0 Å². The molecule has 0 aliphatic rings. The summed E-state index contributed by atoms with van der Waals surface area (Å²) in [4.78, 5) is 20.4. The van der Waals surface area contributed by atoms with Crippen LogP contribution in [-0.2, 0) is 0 Å². The maximum Gasteiger partial charge on any atom is 0.269 e. The number of primary amides is 1. The molecule has 0 atom stereocenters. The molecule has 12 heavy (non-hydrogen) atoms. The summed E-state index contributed by atoms with van der Waals surface area (Å²) in [5.41, 5.74) is 9.66. The van der Waals surface area contributed by atoms with Gasteiger partial charge in [0, 0.05) is 0 Å². The largest absolute Gasteiger partial charge is 0.364 e. The number of nitrogens with one attached hydrogen (secondary N) is 1. The van der Waals surface area contributed by atoms with E-state index in [1.165, 1.54) is 13.1 Å². The summed E-state index contributed by atoms with van der Waals surface area (Å²) in [6.45, 7) is 0. The Hall–Kier alpha value is -1.69. The Bertz CT molecular complexity index is 268. The van der Waals surface area contributed by atoms with E-state index in [0.717, 1.165) is 0 Å². The number of H-pyrrole nitrogens is 1. The van der Waals surface area contributed by atoms with Gasteiger partial charge in [0.2, 0.25) is 0 Å². The minimum absolute atomic E-state index is 0.0714. The third-order valence-corrected chi connectivity index (χ3v) is 0.977. The van der Waals surface area contributed by atoms with Crippen molar-refractivity contribution in [2.45, 2.75) is 0 Å². The lowest BCUT2D eigenvalue weighted by molar-refractivity contribution is 0.0995. The highest BCUT2D eigenvalue weighted by molar-refractivity contribution is 5.92. The van der Waals surface area contributed by atoms with E-state index in [9.17, 15) is 9.59 Å². The van der Waals surface area contributed by atoms with Gasteiger partial charge in [0.25, 0.3) is 5.91 Å². The first-order valence-corrected chi connectivity index (χ1v) is 3.12. The number of hydrogen-bond donors (Lipinski definition) is 3. The summed E-state index contributed by atoms with van der Waals surface area (Å²) >= 11 is 0. The van der Waals surface area contributed by atoms with Crippen LogP contribution >= 0.6 is 0 Å². The van der Waals surface area contributed by atoms with Crippen LogP contribution in [-0.4, -0.2) is 29.4 Å². The predicted molar refractivity (Wildman–Crippen MR) is 42.6 cm³/mol. The minimum atomic E-state index is -0.649. The number of aromatic nitrogens is 2. The average Bonchev–Trinajstić information content (AvgIpc) is 2.55. The Labute approximate surface area is 68.9 Å². The van der Waals surface area contributed by atoms with Crippen LogP contribution in [0.3, 0.4) is 0 Å². The Morgan fingerprint density at radius 3 is 2.50 bits per heavy atom. The minimum Gasteiger partial charge on any atom is -0.364 e. The zero-order valence-corrected chi connectivity index (χ0v) is 6.57. The van der Waals surface area contributed by atoms with Gasteiger partial charge in [0.15, 0.2) is 6.29 Å². The molecule has 0 aliphatic carbocycles. The van der Waals surface area contributed by atoms with E-state index in [4.69, 9.17) is 5.73 Å². The summed E-state index contributed by atoms with van der Waals surface area (Å²) in [6, 6.07) is 1.29. The number of hydrogen-bond acceptors (Lipinski definition) is 4. The fourth-order valence-corrected chi connectivity index (χ4v) is 0.523. The van der Waals surface area contributed by atoms with Crippen molar-refractivity contribution in [3.63, 3.8) is 0 Å². The standard InChI is InChI=1S/C5H5N3O2.CH5N/c6-5(10)4-1-3(2-9)7-8-4;1-2/h1-2H,(H2,6,10)(H,7,8);2H2,1H3. The van der Waals surface area contributed by atoms with Crippen LogP contribution in [0.1, 0.15) is 21.0 Å². The summed E-state index contributed by atoms with van der Waals surface area (Å²) in [6.07, 6.45) is 0.555. The number of carbonyl (C=O) groups is 2. The van der Waals surface area contributed by atoms with Crippen molar-refractivity contribution in [2.75, 3.05) is 7.05 Å². The molecule has 6 nitrogen and oxygen atoms in total. The molecule has 1 amide bonds.